The van der Waals surface area contributed by atoms with Crippen LogP contribution in [0.25, 0.3) is 126 Å². The molecule has 0 amide bonds. The van der Waals surface area contributed by atoms with Crippen LogP contribution in [-0.2, 0) is 0 Å². The summed E-state index contributed by atoms with van der Waals surface area (Å²) in [4.78, 5) is 5.63. The van der Waals surface area contributed by atoms with Gasteiger partial charge in [0.1, 0.15) is 5.52 Å². The summed E-state index contributed by atoms with van der Waals surface area (Å²) in [7, 11) is 0. The molecule has 4 nitrogen and oxygen atoms in total. The first-order valence-electron chi connectivity index (χ1n) is 21.0. The average molecular weight is 775 g/mol. The van der Waals surface area contributed by atoms with Crippen molar-refractivity contribution in [3.8, 4) is 22.5 Å². The molecule has 61 heavy (non-hydrogen) atoms. The third kappa shape index (κ3) is 4.45. The molecule has 0 aliphatic carbocycles. The maximum atomic E-state index is 5.63. The molecule has 0 fully saturated rings. The summed E-state index contributed by atoms with van der Waals surface area (Å²) in [5, 5.41) is 16.4. The summed E-state index contributed by atoms with van der Waals surface area (Å²) in [6, 6.07) is 75.4. The van der Waals surface area contributed by atoms with E-state index in [1.54, 1.807) is 0 Å². The zero-order valence-electron chi connectivity index (χ0n) is 32.9. The van der Waals surface area contributed by atoms with Crippen LogP contribution in [0, 0.1) is 0 Å². The van der Waals surface area contributed by atoms with E-state index < -0.39 is 0 Å². The molecule has 4 heteroatoms. The fourth-order valence-corrected chi connectivity index (χ4v) is 10.5. The van der Waals surface area contributed by atoms with E-state index in [0.29, 0.717) is 0 Å². The van der Waals surface area contributed by atoms with Crippen molar-refractivity contribution in [3.63, 3.8) is 0 Å². The molecule has 282 valence electrons. The Morgan fingerprint density at radius 3 is 1.34 bits per heavy atom. The molecule has 0 atom stereocenters. The molecule has 0 saturated heterocycles. The molecule has 0 unspecified atom stereocenters. The molecule has 14 aromatic rings. The van der Waals surface area contributed by atoms with Gasteiger partial charge in [0.05, 0.1) is 16.6 Å². The van der Waals surface area contributed by atoms with Gasteiger partial charge in [-0.1, -0.05) is 158 Å². The van der Waals surface area contributed by atoms with Gasteiger partial charge in [-0.3, -0.25) is 13.5 Å². The highest BCUT2D eigenvalue weighted by molar-refractivity contribution is 6.27. The maximum Gasteiger partial charge on any atom is 0.222 e. The summed E-state index contributed by atoms with van der Waals surface area (Å²) in [5.41, 5.74) is 9.90. The first-order chi connectivity index (χ1) is 30.3. The summed E-state index contributed by atoms with van der Waals surface area (Å²) in [6.45, 7) is 0. The minimum atomic E-state index is 0.885. The average Bonchev–Trinajstić information content (AvgIpc) is 3.97. The molecule has 14 rings (SSSR count). The van der Waals surface area contributed by atoms with Gasteiger partial charge in [0.25, 0.3) is 0 Å². The lowest BCUT2D eigenvalue weighted by Gasteiger charge is -2.13. The van der Waals surface area contributed by atoms with Crippen LogP contribution >= 0.6 is 0 Å². The van der Waals surface area contributed by atoms with Gasteiger partial charge in [-0.25, -0.2) is 0 Å². The summed E-state index contributed by atoms with van der Waals surface area (Å²) < 4.78 is 7.08. The Labute approximate surface area is 349 Å². The van der Waals surface area contributed by atoms with Crippen molar-refractivity contribution in [2.45, 2.75) is 0 Å². The van der Waals surface area contributed by atoms with Crippen molar-refractivity contribution in [3.05, 3.63) is 206 Å². The van der Waals surface area contributed by atoms with E-state index >= 15 is 0 Å². The van der Waals surface area contributed by atoms with Gasteiger partial charge in [0.2, 0.25) is 5.78 Å². The molecule has 0 spiro atoms. The second-order valence-electron chi connectivity index (χ2n) is 16.3. The topological polar surface area (TPSA) is 27.2 Å². The number of fused-ring (bicyclic) bond motifs is 19. The number of rotatable bonds is 3. The predicted molar refractivity (Wildman–Crippen MR) is 257 cm³/mol. The maximum absolute atomic E-state index is 5.63. The monoisotopic (exact) mass is 774 g/mol. The minimum Gasteiger partial charge on any atom is -0.292 e. The van der Waals surface area contributed by atoms with Crippen LogP contribution in [-0.4, -0.2) is 18.5 Å². The highest BCUT2D eigenvalue weighted by Crippen LogP contribution is 2.42. The number of hydrogen-bond acceptors (Lipinski definition) is 1. The summed E-state index contributed by atoms with van der Waals surface area (Å²) in [5.74, 6) is 0.885. The van der Waals surface area contributed by atoms with E-state index in [0.717, 1.165) is 55.8 Å². The molecule has 0 aliphatic heterocycles. The van der Waals surface area contributed by atoms with E-state index in [2.05, 4.69) is 220 Å². The largest absolute Gasteiger partial charge is 0.292 e. The van der Waals surface area contributed by atoms with Gasteiger partial charge in [0.15, 0.2) is 5.65 Å². The minimum absolute atomic E-state index is 0.885. The van der Waals surface area contributed by atoms with Crippen LogP contribution < -0.4 is 0 Å². The fourth-order valence-electron chi connectivity index (χ4n) is 10.5. The summed E-state index contributed by atoms with van der Waals surface area (Å²) >= 11 is 0. The second kappa shape index (κ2) is 12.2. The van der Waals surface area contributed by atoms with E-state index in [-0.39, 0.29) is 0 Å². The highest BCUT2D eigenvalue weighted by atomic mass is 15.2. The quantitative estimate of drug-likeness (QED) is 0.164. The van der Waals surface area contributed by atoms with Crippen molar-refractivity contribution in [2.75, 3.05) is 0 Å². The van der Waals surface area contributed by atoms with Crippen LogP contribution in [0.3, 0.4) is 0 Å². The van der Waals surface area contributed by atoms with E-state index in [9.17, 15) is 0 Å². The SMILES string of the molecule is c1ccc(-n2c3ccc(-c4ccc5c6ccccc6c6ccccc6c5c4)cc3n3c4c5ccccc5n(-c5ccc6c7ccccc7c7ccccc7c6c5)c4nc23)cc1. The van der Waals surface area contributed by atoms with Crippen molar-refractivity contribution in [1.29, 1.82) is 0 Å². The van der Waals surface area contributed by atoms with Crippen molar-refractivity contribution < 1.29 is 0 Å². The number of benzene rings is 11. The van der Waals surface area contributed by atoms with Crippen LogP contribution in [0.4, 0.5) is 0 Å². The Hall–Kier alpha value is -8.21. The molecule has 0 bridgehead atoms. The number of hydrogen-bond donors (Lipinski definition) is 0. The van der Waals surface area contributed by atoms with Crippen molar-refractivity contribution in [1.82, 2.24) is 18.5 Å². The zero-order chi connectivity index (χ0) is 39.8. The molecular formula is C57H34N4. The van der Waals surface area contributed by atoms with Gasteiger partial charge >= 0.3 is 0 Å². The number of imidazole rings is 2. The van der Waals surface area contributed by atoms with Gasteiger partial charge in [0, 0.05) is 16.8 Å². The fraction of sp³-hybridized carbons (Fsp3) is 0. The Bertz CT molecular complexity index is 4100. The number of aromatic nitrogens is 4. The van der Waals surface area contributed by atoms with E-state index in [1.165, 1.54) is 70.2 Å². The molecule has 0 aliphatic rings. The first-order valence-corrected chi connectivity index (χ1v) is 21.0. The molecular weight excluding hydrogens is 741 g/mol. The number of para-hydroxylation sites is 2. The van der Waals surface area contributed by atoms with Gasteiger partial charge in [-0.2, -0.15) is 4.98 Å². The lowest BCUT2D eigenvalue weighted by atomic mass is 9.92. The van der Waals surface area contributed by atoms with Crippen molar-refractivity contribution >= 4 is 104 Å². The Kier molecular flexibility index (Phi) is 6.52. The van der Waals surface area contributed by atoms with Crippen LogP contribution in [0.2, 0.25) is 0 Å². The molecule has 3 aromatic heterocycles. The van der Waals surface area contributed by atoms with E-state index in [4.69, 9.17) is 4.98 Å². The Morgan fingerprint density at radius 1 is 0.279 bits per heavy atom. The number of nitrogens with zero attached hydrogens (tertiary/aromatic N) is 4. The van der Waals surface area contributed by atoms with E-state index in [1.807, 2.05) is 0 Å². The Balaban J connectivity index is 1.06. The third-order valence-corrected chi connectivity index (χ3v) is 13.2. The second-order valence-corrected chi connectivity index (χ2v) is 16.3. The van der Waals surface area contributed by atoms with Gasteiger partial charge in [-0.15, -0.1) is 0 Å². The normalized spacial score (nSPS) is 12.3. The molecule has 11 aromatic carbocycles. The molecule has 0 N–H and O–H groups in total. The van der Waals surface area contributed by atoms with Crippen LogP contribution in [0.5, 0.6) is 0 Å². The third-order valence-electron chi connectivity index (χ3n) is 13.2. The van der Waals surface area contributed by atoms with Crippen LogP contribution in [0.1, 0.15) is 0 Å². The van der Waals surface area contributed by atoms with Gasteiger partial charge < -0.3 is 0 Å². The van der Waals surface area contributed by atoms with Gasteiger partial charge in [-0.05, 0) is 124 Å². The molecule has 0 saturated carbocycles. The lowest BCUT2D eigenvalue weighted by molar-refractivity contribution is 1.09. The summed E-state index contributed by atoms with van der Waals surface area (Å²) in [6.07, 6.45) is 0. The molecule has 0 radical (unpaired) electrons. The predicted octanol–water partition coefficient (Wildman–Crippen LogP) is 15.0. The molecule has 3 heterocycles. The first kappa shape index (κ1) is 32.7. The smallest absolute Gasteiger partial charge is 0.222 e. The lowest BCUT2D eigenvalue weighted by Crippen LogP contribution is -1.97. The van der Waals surface area contributed by atoms with Crippen LogP contribution in [0.15, 0.2) is 206 Å². The Morgan fingerprint density at radius 2 is 0.738 bits per heavy atom. The highest BCUT2D eigenvalue weighted by Gasteiger charge is 2.24. The standard InChI is InChI=1S/C57H34N4/c1-2-14-37(15-3-1)60-53-31-27-36(35-26-29-47-43-20-6-4-16-39(43)41-18-8-10-22-45(41)50(47)32-35)33-54(53)61-55-49-24-12-13-25-52(49)59(56(55)58-57(60)61)38-28-30-48-44-21-7-5-17-40(44)42-19-9-11-23-46(42)51(48)34-38/h1-34H. The van der Waals surface area contributed by atoms with Crippen molar-refractivity contribution in [2.24, 2.45) is 0 Å². The zero-order valence-corrected chi connectivity index (χ0v) is 32.9.